The molecule has 4 atom stereocenters. The first-order valence-corrected chi connectivity index (χ1v) is 20.1. The fraction of sp³-hybridized carbons (Fsp3) is 0.314. The number of hydrogen-bond acceptors (Lipinski definition) is 0. The van der Waals surface area contributed by atoms with Crippen LogP contribution < -0.4 is 9.59 Å². The summed E-state index contributed by atoms with van der Waals surface area (Å²) in [6, 6.07) is 24.1. The van der Waals surface area contributed by atoms with Crippen molar-refractivity contribution in [1.82, 2.24) is 0 Å². The smallest absolute Gasteiger partial charge is 0.213 e. The molecule has 2 aliphatic heterocycles. The van der Waals surface area contributed by atoms with Gasteiger partial charge in [-0.25, -0.2) is 0 Å². The molecular weight excluding hydrogens is 655 g/mol. The van der Waals surface area contributed by atoms with E-state index < -0.39 is 0 Å². The number of aryl methyl sites for hydroxylation is 3. The first-order valence-electron chi connectivity index (χ1n) is 20.1. The number of pyridine rings is 1. The molecule has 1 saturated carbocycles. The van der Waals surface area contributed by atoms with E-state index in [2.05, 4.69) is 182 Å². The van der Waals surface area contributed by atoms with Crippen molar-refractivity contribution in [3.8, 4) is 0 Å². The van der Waals surface area contributed by atoms with E-state index in [1.54, 1.807) is 0 Å². The fourth-order valence-corrected chi connectivity index (χ4v) is 9.19. The van der Waals surface area contributed by atoms with Crippen LogP contribution >= 0.6 is 0 Å². The van der Waals surface area contributed by atoms with E-state index in [0.717, 1.165) is 37.0 Å². The van der Waals surface area contributed by atoms with Crippen LogP contribution in [0.4, 0.5) is 0 Å². The molecule has 3 nitrogen and oxygen atoms in total. The highest BCUT2D eigenvalue weighted by molar-refractivity contribution is 5.61. The minimum absolute atomic E-state index is 0.402. The van der Waals surface area contributed by atoms with Crippen LogP contribution in [-0.4, -0.2) is 22.6 Å². The lowest BCUT2D eigenvalue weighted by atomic mass is 9.70. The number of aromatic nitrogens is 1. The molecule has 0 amide bonds. The van der Waals surface area contributed by atoms with Crippen LogP contribution in [0.1, 0.15) is 86.1 Å². The maximum Gasteiger partial charge on any atom is 0.213 e. The van der Waals surface area contributed by atoms with E-state index in [-0.39, 0.29) is 0 Å². The van der Waals surface area contributed by atoms with Gasteiger partial charge in [-0.1, -0.05) is 105 Å². The largest absolute Gasteiger partial charge is 0.255 e. The van der Waals surface area contributed by atoms with Gasteiger partial charge < -0.3 is 0 Å². The summed E-state index contributed by atoms with van der Waals surface area (Å²) in [6.45, 7) is 19.8. The molecule has 0 N–H and O–H groups in total. The van der Waals surface area contributed by atoms with Crippen molar-refractivity contribution in [1.29, 1.82) is 0 Å². The predicted molar refractivity (Wildman–Crippen MR) is 225 cm³/mol. The van der Waals surface area contributed by atoms with E-state index in [4.69, 9.17) is 0 Å². The normalized spacial score (nSPS) is 23.5. The minimum atomic E-state index is 0.402. The van der Waals surface area contributed by atoms with Crippen molar-refractivity contribution >= 4 is 19.0 Å². The molecule has 276 valence electrons. The first kappa shape index (κ1) is 37.2. The molecule has 0 saturated heterocycles. The molecule has 2 aliphatic carbocycles. The Bertz CT molecular complexity index is 2090. The van der Waals surface area contributed by atoms with Gasteiger partial charge in [0, 0.05) is 23.1 Å². The summed E-state index contributed by atoms with van der Waals surface area (Å²) in [4.78, 5) is 0. The zero-order valence-electron chi connectivity index (χ0n) is 32.8. The monoisotopic (exact) mass is 712 g/mol. The van der Waals surface area contributed by atoms with Gasteiger partial charge in [0.05, 0.1) is 13.4 Å². The highest BCUT2D eigenvalue weighted by Gasteiger charge is 2.30. The summed E-state index contributed by atoms with van der Waals surface area (Å²) in [5, 5.41) is 1.20. The standard InChI is InChI=1S/C51H58N3/c1-37-13-7-10-16-46(37)49-28-25-40(34-52(49)4)19-22-43-31-44(23-20-41-26-29-50(53(5)35-41)47-17-11-8-14-38(47)2)33-45(32-43)24-21-42-27-30-51(54(6)36-42)48-18-12-9-15-39(48)3/h7-18,25-30,34-37,43-45H,4-6,19-24,31-33H2,1-3H3/q+1/t37?,43?,44-,45?/m1/s1. The van der Waals surface area contributed by atoms with Crippen molar-refractivity contribution in [3.05, 3.63) is 191 Å². The molecule has 0 bridgehead atoms. The quantitative estimate of drug-likeness (QED) is 0.139. The molecule has 7 rings (SSSR count). The maximum absolute atomic E-state index is 4.41. The molecule has 0 spiro atoms. The molecular formula is C51H58N3+. The van der Waals surface area contributed by atoms with Gasteiger partial charge in [-0.3, -0.25) is 9.15 Å². The summed E-state index contributed by atoms with van der Waals surface area (Å²) in [5.41, 5.74) is 10.5. The lowest BCUT2D eigenvalue weighted by Crippen LogP contribution is -2.38. The predicted octanol–water partition coefficient (Wildman–Crippen LogP) is 10.2. The molecule has 1 fully saturated rings. The Kier molecular flexibility index (Phi) is 11.6. The van der Waals surface area contributed by atoms with Crippen molar-refractivity contribution < 1.29 is 13.4 Å². The van der Waals surface area contributed by atoms with Gasteiger partial charge in [-0.2, -0.15) is 4.24 Å². The summed E-state index contributed by atoms with van der Waals surface area (Å²) in [6.07, 6.45) is 35.7. The number of hydrogen-bond donors (Lipinski definition) is 0. The van der Waals surface area contributed by atoms with Crippen molar-refractivity contribution in [2.24, 2.45) is 23.7 Å². The van der Waals surface area contributed by atoms with E-state index >= 15 is 0 Å². The van der Waals surface area contributed by atoms with Gasteiger partial charge in [-0.15, -0.1) is 12.1 Å². The van der Waals surface area contributed by atoms with Gasteiger partial charge in [0.1, 0.15) is 31.2 Å². The Labute approximate surface area is 324 Å². The lowest BCUT2D eigenvalue weighted by Gasteiger charge is -2.36. The van der Waals surface area contributed by atoms with Crippen LogP contribution in [0.25, 0.3) is 5.57 Å². The number of rotatable bonds is 11. The van der Waals surface area contributed by atoms with Crippen molar-refractivity contribution in [2.75, 3.05) is 0 Å². The topological polar surface area (TPSA) is 11.9 Å². The SMILES string of the molecule is C=[N+]1C=C(CCC2CC(CCc3ccc(=C4C=CC=CC4C)[n+](=C)c3)C[C@@H](CCC3=C[N+](=C)[C-](c4ccccc4C)C=C3)C2)C=C[C-]1c1ccccc1C. The second-order valence-electron chi connectivity index (χ2n) is 16.2. The number of nitrogens with zero attached hydrogens (tertiary/aromatic N) is 3. The van der Waals surface area contributed by atoms with E-state index in [9.17, 15) is 0 Å². The summed E-state index contributed by atoms with van der Waals surface area (Å²) >= 11 is 0. The van der Waals surface area contributed by atoms with Crippen LogP contribution in [0, 0.1) is 56.3 Å². The van der Waals surface area contributed by atoms with Crippen LogP contribution in [0.5, 0.6) is 0 Å². The molecule has 3 aromatic rings. The molecule has 2 aromatic carbocycles. The molecule has 1 aromatic heterocycles. The Balaban J connectivity index is 1.01. The van der Waals surface area contributed by atoms with Gasteiger partial charge in [0.25, 0.3) is 0 Å². The molecule has 3 heterocycles. The summed E-state index contributed by atoms with van der Waals surface area (Å²) in [5.74, 6) is 2.59. The third-order valence-corrected chi connectivity index (χ3v) is 12.2. The molecule has 3 unspecified atom stereocenters. The van der Waals surface area contributed by atoms with Gasteiger partial charge in [0.15, 0.2) is 6.20 Å². The average Bonchev–Trinajstić information content (AvgIpc) is 3.17. The Hall–Kier alpha value is -5.15. The third-order valence-electron chi connectivity index (χ3n) is 12.2. The maximum atomic E-state index is 4.41. The summed E-state index contributed by atoms with van der Waals surface area (Å²) in [7, 11) is 0. The summed E-state index contributed by atoms with van der Waals surface area (Å²) < 4.78 is 6.24. The molecule has 3 heteroatoms. The fourth-order valence-electron chi connectivity index (χ4n) is 9.19. The van der Waals surface area contributed by atoms with E-state index in [0.29, 0.717) is 5.92 Å². The Morgan fingerprint density at radius 2 is 1.15 bits per heavy atom. The average molecular weight is 713 g/mol. The zero-order valence-corrected chi connectivity index (χ0v) is 32.8. The van der Waals surface area contributed by atoms with Gasteiger partial charge >= 0.3 is 0 Å². The molecule has 54 heavy (non-hydrogen) atoms. The second-order valence-corrected chi connectivity index (χ2v) is 16.2. The van der Waals surface area contributed by atoms with Crippen LogP contribution in [-0.2, 0) is 6.42 Å². The zero-order chi connectivity index (χ0) is 37.6. The van der Waals surface area contributed by atoms with Crippen LogP contribution in [0.2, 0.25) is 0 Å². The lowest BCUT2D eigenvalue weighted by molar-refractivity contribution is -0.514. The minimum Gasteiger partial charge on any atom is -0.255 e. The van der Waals surface area contributed by atoms with Gasteiger partial charge in [-0.05, 0) is 116 Å². The number of allylic oxidation sites excluding steroid dienone is 8. The van der Waals surface area contributed by atoms with Crippen molar-refractivity contribution in [3.63, 3.8) is 0 Å². The van der Waals surface area contributed by atoms with E-state index in [1.807, 2.05) is 0 Å². The highest BCUT2D eigenvalue weighted by Crippen LogP contribution is 2.41. The molecule has 0 radical (unpaired) electrons. The van der Waals surface area contributed by atoms with Crippen LogP contribution in [0.15, 0.2) is 139 Å². The second kappa shape index (κ2) is 16.9. The Morgan fingerprint density at radius 3 is 1.63 bits per heavy atom. The van der Waals surface area contributed by atoms with E-state index in [1.165, 1.54) is 100 Å². The highest BCUT2D eigenvalue weighted by atomic mass is 15.0. The van der Waals surface area contributed by atoms with Crippen molar-refractivity contribution in [2.45, 2.75) is 78.6 Å². The Morgan fingerprint density at radius 1 is 0.630 bits per heavy atom. The molecule has 4 aliphatic rings. The first-order chi connectivity index (χ1) is 26.2. The number of benzene rings is 2. The van der Waals surface area contributed by atoms with Crippen LogP contribution in [0.3, 0.4) is 0 Å². The third kappa shape index (κ3) is 8.79. The van der Waals surface area contributed by atoms with Gasteiger partial charge in [0.2, 0.25) is 5.35 Å².